The molecule has 35 heavy (non-hydrogen) atoms. The van der Waals surface area contributed by atoms with Crippen LogP contribution in [-0.4, -0.2) is 53.7 Å². The fourth-order valence-electron chi connectivity index (χ4n) is 4.19. The minimum Gasteiger partial charge on any atom is -0.339 e. The summed E-state index contributed by atoms with van der Waals surface area (Å²) in [5, 5.41) is 0. The number of carbonyl (C=O) groups is 3. The van der Waals surface area contributed by atoms with Gasteiger partial charge in [0.25, 0.3) is 5.91 Å². The number of carbonyl (C=O) groups excluding carboxylic acids is 3. The number of amides is 3. The lowest BCUT2D eigenvalue weighted by atomic mass is 10.1. The predicted octanol–water partition coefficient (Wildman–Crippen LogP) is 3.91. The predicted molar refractivity (Wildman–Crippen MR) is 132 cm³/mol. The Kier molecular flexibility index (Phi) is 7.55. The van der Waals surface area contributed by atoms with Crippen LogP contribution >= 0.6 is 0 Å². The van der Waals surface area contributed by atoms with Crippen molar-refractivity contribution < 1.29 is 18.8 Å². The lowest BCUT2D eigenvalue weighted by Crippen LogP contribution is -2.50. The average Bonchev–Trinajstić information content (AvgIpc) is 2.88. The zero-order valence-electron chi connectivity index (χ0n) is 19.7. The van der Waals surface area contributed by atoms with Gasteiger partial charge in [-0.25, -0.2) is 4.39 Å². The highest BCUT2D eigenvalue weighted by molar-refractivity contribution is 6.06. The smallest absolute Gasteiger partial charge is 0.258 e. The molecule has 3 aromatic rings. The van der Waals surface area contributed by atoms with Gasteiger partial charge in [0.05, 0.1) is 13.0 Å². The van der Waals surface area contributed by atoms with E-state index in [0.717, 1.165) is 5.56 Å². The van der Waals surface area contributed by atoms with Crippen LogP contribution in [0.4, 0.5) is 10.1 Å². The minimum absolute atomic E-state index is 0.0120. The molecular formula is C28H28FN3O3. The zero-order chi connectivity index (χ0) is 24.8. The Hall–Kier alpha value is -4.00. The van der Waals surface area contributed by atoms with E-state index in [9.17, 15) is 18.8 Å². The van der Waals surface area contributed by atoms with Crippen LogP contribution in [0, 0.1) is 5.82 Å². The first-order chi connectivity index (χ1) is 16.9. The molecule has 1 saturated heterocycles. The molecule has 4 rings (SSSR count). The lowest BCUT2D eigenvalue weighted by molar-refractivity contribution is -0.138. The van der Waals surface area contributed by atoms with E-state index in [0.29, 0.717) is 43.0 Å². The molecule has 3 amide bonds. The number of benzene rings is 3. The molecular weight excluding hydrogens is 445 g/mol. The summed E-state index contributed by atoms with van der Waals surface area (Å²) in [5.41, 5.74) is 2.71. The second kappa shape index (κ2) is 11.0. The number of nitrogens with zero attached hydrogens (tertiary/aromatic N) is 3. The van der Waals surface area contributed by atoms with Crippen molar-refractivity contribution in [3.05, 3.63) is 101 Å². The van der Waals surface area contributed by atoms with Crippen LogP contribution in [-0.2, 0) is 22.6 Å². The van der Waals surface area contributed by atoms with Gasteiger partial charge in [-0.05, 0) is 47.5 Å². The summed E-state index contributed by atoms with van der Waals surface area (Å²) < 4.78 is 13.8. The first-order valence-electron chi connectivity index (χ1n) is 11.6. The third-order valence-electron chi connectivity index (χ3n) is 6.18. The van der Waals surface area contributed by atoms with Crippen molar-refractivity contribution in [3.63, 3.8) is 0 Å². The van der Waals surface area contributed by atoms with Crippen LogP contribution in [0.3, 0.4) is 0 Å². The molecule has 180 valence electrons. The van der Waals surface area contributed by atoms with Crippen LogP contribution in [0.15, 0.2) is 78.9 Å². The van der Waals surface area contributed by atoms with Crippen LogP contribution in [0.1, 0.15) is 28.4 Å². The molecule has 3 aromatic carbocycles. The molecule has 0 aromatic heterocycles. The SMILES string of the molecule is CC(=O)N1CCN(C(=O)Cc2ccc(N(Cc3cccc(F)c3)C(=O)c3ccccc3)cc2)CC1. The average molecular weight is 474 g/mol. The van der Waals surface area contributed by atoms with E-state index < -0.39 is 0 Å². The maximum absolute atomic E-state index is 13.8. The Morgan fingerprint density at radius 3 is 2.09 bits per heavy atom. The van der Waals surface area contributed by atoms with Crippen molar-refractivity contribution in [2.75, 3.05) is 31.1 Å². The van der Waals surface area contributed by atoms with E-state index in [4.69, 9.17) is 0 Å². The first kappa shape index (κ1) is 24.1. The van der Waals surface area contributed by atoms with Gasteiger partial charge in [0.15, 0.2) is 0 Å². The molecule has 0 radical (unpaired) electrons. The summed E-state index contributed by atoms with van der Waals surface area (Å²) in [6, 6.07) is 22.5. The van der Waals surface area contributed by atoms with Gasteiger partial charge < -0.3 is 14.7 Å². The molecule has 0 saturated carbocycles. The Balaban J connectivity index is 1.49. The molecule has 0 N–H and O–H groups in total. The molecule has 0 unspecified atom stereocenters. The first-order valence-corrected chi connectivity index (χ1v) is 11.6. The summed E-state index contributed by atoms with van der Waals surface area (Å²) >= 11 is 0. The largest absolute Gasteiger partial charge is 0.339 e. The van der Waals surface area contributed by atoms with E-state index in [1.807, 2.05) is 30.3 Å². The van der Waals surface area contributed by atoms with Crippen LogP contribution in [0.25, 0.3) is 0 Å². The van der Waals surface area contributed by atoms with E-state index in [1.165, 1.54) is 12.1 Å². The summed E-state index contributed by atoms with van der Waals surface area (Å²) in [7, 11) is 0. The molecule has 0 spiro atoms. The second-order valence-electron chi connectivity index (χ2n) is 8.62. The van der Waals surface area contributed by atoms with Gasteiger partial charge in [-0.3, -0.25) is 14.4 Å². The van der Waals surface area contributed by atoms with Crippen molar-refractivity contribution in [1.82, 2.24) is 9.80 Å². The van der Waals surface area contributed by atoms with Crippen molar-refractivity contribution in [2.24, 2.45) is 0 Å². The summed E-state index contributed by atoms with van der Waals surface area (Å²) in [6.07, 6.45) is 0.247. The van der Waals surface area contributed by atoms with Crippen molar-refractivity contribution >= 4 is 23.4 Å². The fourth-order valence-corrected chi connectivity index (χ4v) is 4.19. The summed E-state index contributed by atoms with van der Waals surface area (Å²) in [6.45, 7) is 3.92. The minimum atomic E-state index is -0.354. The molecule has 0 atom stereocenters. The molecule has 1 aliphatic rings. The molecule has 1 heterocycles. The van der Waals surface area contributed by atoms with Crippen molar-refractivity contribution in [3.8, 4) is 0 Å². The van der Waals surface area contributed by atoms with E-state index in [-0.39, 0.29) is 36.5 Å². The topological polar surface area (TPSA) is 60.9 Å². The maximum Gasteiger partial charge on any atom is 0.258 e. The van der Waals surface area contributed by atoms with Gasteiger partial charge in [0.1, 0.15) is 5.82 Å². The Bertz CT molecular complexity index is 1190. The Morgan fingerprint density at radius 1 is 0.800 bits per heavy atom. The number of piperazine rings is 1. The highest BCUT2D eigenvalue weighted by Gasteiger charge is 2.23. The molecule has 6 nitrogen and oxygen atoms in total. The van der Waals surface area contributed by atoms with E-state index in [1.54, 1.807) is 58.0 Å². The normalized spacial score (nSPS) is 13.4. The quantitative estimate of drug-likeness (QED) is 0.546. The van der Waals surface area contributed by atoms with Gasteiger partial charge in [-0.1, -0.05) is 42.5 Å². The van der Waals surface area contributed by atoms with Gasteiger partial charge in [0.2, 0.25) is 11.8 Å². The molecule has 1 fully saturated rings. The lowest BCUT2D eigenvalue weighted by Gasteiger charge is -2.34. The highest BCUT2D eigenvalue weighted by atomic mass is 19.1. The van der Waals surface area contributed by atoms with Crippen LogP contribution < -0.4 is 4.90 Å². The second-order valence-corrected chi connectivity index (χ2v) is 8.62. The van der Waals surface area contributed by atoms with Crippen LogP contribution in [0.5, 0.6) is 0 Å². The summed E-state index contributed by atoms with van der Waals surface area (Å²) in [4.78, 5) is 42.7. The monoisotopic (exact) mass is 473 g/mol. The van der Waals surface area contributed by atoms with Crippen molar-refractivity contribution in [1.29, 1.82) is 0 Å². The Labute approximate surface area is 204 Å². The Morgan fingerprint density at radius 2 is 1.46 bits per heavy atom. The van der Waals surface area contributed by atoms with Gasteiger partial charge >= 0.3 is 0 Å². The van der Waals surface area contributed by atoms with E-state index >= 15 is 0 Å². The zero-order valence-corrected chi connectivity index (χ0v) is 19.7. The number of hydrogen-bond acceptors (Lipinski definition) is 3. The van der Waals surface area contributed by atoms with Gasteiger partial charge in [-0.2, -0.15) is 0 Å². The van der Waals surface area contributed by atoms with Gasteiger partial charge in [0, 0.05) is 44.4 Å². The number of rotatable bonds is 6. The van der Waals surface area contributed by atoms with E-state index in [2.05, 4.69) is 0 Å². The standard InChI is InChI=1S/C28H28FN3O3/c1-21(33)30-14-16-31(17-15-30)27(34)19-22-10-12-26(13-11-22)32(20-23-6-5-9-25(29)18-23)28(35)24-7-3-2-4-8-24/h2-13,18H,14-17,19-20H2,1H3. The van der Waals surface area contributed by atoms with Crippen LogP contribution in [0.2, 0.25) is 0 Å². The number of hydrogen-bond donors (Lipinski definition) is 0. The third kappa shape index (κ3) is 6.12. The third-order valence-corrected chi connectivity index (χ3v) is 6.18. The summed E-state index contributed by atoms with van der Waals surface area (Å²) in [5.74, 6) is -0.506. The molecule has 0 bridgehead atoms. The fraction of sp³-hybridized carbons (Fsp3) is 0.250. The molecule has 1 aliphatic heterocycles. The van der Waals surface area contributed by atoms with Crippen molar-refractivity contribution in [2.45, 2.75) is 19.9 Å². The molecule has 7 heteroatoms. The number of anilines is 1. The highest BCUT2D eigenvalue weighted by Crippen LogP contribution is 2.22. The van der Waals surface area contributed by atoms with Gasteiger partial charge in [-0.15, -0.1) is 0 Å². The maximum atomic E-state index is 13.8. The molecule has 0 aliphatic carbocycles. The number of halogens is 1.